The third kappa shape index (κ3) is 3.33. The van der Waals surface area contributed by atoms with Crippen molar-refractivity contribution >= 4 is 5.97 Å². The quantitative estimate of drug-likeness (QED) is 0.791. The fraction of sp³-hybridized carbons (Fsp3) is 0.438. The van der Waals surface area contributed by atoms with E-state index >= 15 is 0 Å². The predicted octanol–water partition coefficient (Wildman–Crippen LogP) is 2.77. The Morgan fingerprint density at radius 2 is 2.27 bits per heavy atom. The Kier molecular flexibility index (Phi) is 4.48. The number of benzene rings is 1. The molecule has 0 radical (unpaired) electrons. The zero-order valence-corrected chi connectivity index (χ0v) is 12.4. The maximum atomic E-state index is 12.3. The lowest BCUT2D eigenvalue weighted by atomic mass is 10.1. The molecule has 1 saturated heterocycles. The summed E-state index contributed by atoms with van der Waals surface area (Å²) in [6.45, 7) is 2.88. The van der Waals surface area contributed by atoms with Gasteiger partial charge in [0.15, 0.2) is 5.82 Å². The highest BCUT2D eigenvalue weighted by Gasteiger charge is 2.19. The first-order valence-corrected chi connectivity index (χ1v) is 7.42. The molecule has 116 valence electrons. The molecular weight excluding hydrogens is 284 g/mol. The highest BCUT2D eigenvalue weighted by atomic mass is 16.5. The molecule has 6 heteroatoms. The molecule has 2 aromatic rings. The third-order valence-corrected chi connectivity index (χ3v) is 3.60. The molecule has 0 aliphatic carbocycles. The van der Waals surface area contributed by atoms with Crippen LogP contribution in [0.2, 0.25) is 0 Å². The summed E-state index contributed by atoms with van der Waals surface area (Å²) in [5.41, 5.74) is 1.02. The molecule has 0 N–H and O–H groups in total. The number of ether oxygens (including phenoxy) is 2. The summed E-state index contributed by atoms with van der Waals surface area (Å²) in [6, 6.07) is 7.06. The zero-order valence-electron chi connectivity index (χ0n) is 12.4. The van der Waals surface area contributed by atoms with Crippen molar-refractivity contribution in [2.75, 3.05) is 13.2 Å². The molecule has 6 nitrogen and oxygen atoms in total. The van der Waals surface area contributed by atoms with Crippen molar-refractivity contribution in [2.24, 2.45) is 0 Å². The van der Waals surface area contributed by atoms with E-state index in [2.05, 4.69) is 10.1 Å². The fourth-order valence-corrected chi connectivity index (χ4v) is 2.49. The molecule has 2 heterocycles. The molecule has 1 atom stereocenters. The number of hydrogen-bond donors (Lipinski definition) is 0. The number of esters is 1. The first kappa shape index (κ1) is 14.7. The van der Waals surface area contributed by atoms with Crippen molar-refractivity contribution in [1.29, 1.82) is 0 Å². The number of aromatic nitrogens is 2. The van der Waals surface area contributed by atoms with E-state index in [0.29, 0.717) is 29.4 Å². The second-order valence-electron chi connectivity index (χ2n) is 5.25. The van der Waals surface area contributed by atoms with E-state index in [9.17, 15) is 4.79 Å². The van der Waals surface area contributed by atoms with Crippen molar-refractivity contribution in [1.82, 2.24) is 10.1 Å². The molecule has 0 saturated carbocycles. The van der Waals surface area contributed by atoms with E-state index in [1.807, 2.05) is 6.07 Å². The summed E-state index contributed by atoms with van der Waals surface area (Å²) in [5, 5.41) is 3.75. The van der Waals surface area contributed by atoms with Crippen LogP contribution in [0.1, 0.15) is 35.4 Å². The van der Waals surface area contributed by atoms with Crippen LogP contribution in [-0.4, -0.2) is 35.4 Å². The zero-order chi connectivity index (χ0) is 15.4. The molecule has 0 spiro atoms. The molecule has 1 aromatic heterocycles. The third-order valence-electron chi connectivity index (χ3n) is 3.60. The van der Waals surface area contributed by atoms with Crippen molar-refractivity contribution < 1.29 is 18.8 Å². The SMILES string of the molecule is Cc1noc(-c2ccccc2C(=O)OCCC2CCCO2)n1. The van der Waals surface area contributed by atoms with Crippen LogP contribution < -0.4 is 0 Å². The maximum absolute atomic E-state index is 12.3. The predicted molar refractivity (Wildman–Crippen MR) is 78.3 cm³/mol. The summed E-state index contributed by atoms with van der Waals surface area (Å²) in [4.78, 5) is 16.4. The molecule has 1 aliphatic rings. The molecule has 22 heavy (non-hydrogen) atoms. The largest absolute Gasteiger partial charge is 0.462 e. The number of carbonyl (C=O) groups excluding carboxylic acids is 1. The minimum absolute atomic E-state index is 0.210. The van der Waals surface area contributed by atoms with Gasteiger partial charge >= 0.3 is 5.97 Å². The minimum Gasteiger partial charge on any atom is -0.462 e. The van der Waals surface area contributed by atoms with Crippen LogP contribution in [0.5, 0.6) is 0 Å². The molecule has 1 fully saturated rings. The number of nitrogens with zero attached hydrogens (tertiary/aromatic N) is 2. The Morgan fingerprint density at radius 1 is 1.41 bits per heavy atom. The monoisotopic (exact) mass is 302 g/mol. The Labute approximate surface area is 128 Å². The standard InChI is InChI=1S/C16H18N2O4/c1-11-17-15(22-18-11)13-6-2-3-7-14(13)16(19)21-10-8-12-5-4-9-20-12/h2-3,6-7,12H,4-5,8-10H2,1H3. The van der Waals surface area contributed by atoms with Gasteiger partial charge in [-0.2, -0.15) is 4.98 Å². The topological polar surface area (TPSA) is 74.5 Å². The molecule has 3 rings (SSSR count). The number of hydrogen-bond acceptors (Lipinski definition) is 6. The second kappa shape index (κ2) is 6.70. The van der Waals surface area contributed by atoms with Crippen molar-refractivity contribution in [2.45, 2.75) is 32.3 Å². The summed E-state index contributed by atoms with van der Waals surface area (Å²) in [7, 11) is 0. The van der Waals surface area contributed by atoms with Gasteiger partial charge in [-0.3, -0.25) is 0 Å². The van der Waals surface area contributed by atoms with Crippen molar-refractivity contribution in [3.05, 3.63) is 35.7 Å². The summed E-state index contributed by atoms with van der Waals surface area (Å²) in [6.07, 6.45) is 3.06. The molecule has 1 unspecified atom stereocenters. The highest BCUT2D eigenvalue weighted by Crippen LogP contribution is 2.23. The first-order valence-electron chi connectivity index (χ1n) is 7.42. The second-order valence-corrected chi connectivity index (χ2v) is 5.25. The lowest BCUT2D eigenvalue weighted by Gasteiger charge is -2.10. The van der Waals surface area contributed by atoms with E-state index < -0.39 is 0 Å². The average molecular weight is 302 g/mol. The lowest BCUT2D eigenvalue weighted by molar-refractivity contribution is 0.0386. The normalized spacial score (nSPS) is 17.6. The molecular formula is C16H18N2O4. The van der Waals surface area contributed by atoms with Crippen LogP contribution in [0, 0.1) is 6.92 Å². The smallest absolute Gasteiger partial charge is 0.338 e. The van der Waals surface area contributed by atoms with E-state index in [0.717, 1.165) is 25.9 Å². The van der Waals surface area contributed by atoms with Crippen LogP contribution in [0.4, 0.5) is 0 Å². The van der Waals surface area contributed by atoms with Gasteiger partial charge in [0, 0.05) is 13.0 Å². The van der Waals surface area contributed by atoms with Gasteiger partial charge in [-0.05, 0) is 31.9 Å². The number of carbonyl (C=O) groups is 1. The highest BCUT2D eigenvalue weighted by molar-refractivity contribution is 5.96. The number of rotatable bonds is 5. The summed E-state index contributed by atoms with van der Waals surface area (Å²) >= 11 is 0. The molecule has 0 bridgehead atoms. The Bertz CT molecular complexity index is 647. The lowest BCUT2D eigenvalue weighted by Crippen LogP contribution is -2.13. The molecule has 1 aliphatic heterocycles. The van der Waals surface area contributed by atoms with Gasteiger partial charge in [0.25, 0.3) is 5.89 Å². The van der Waals surface area contributed by atoms with Gasteiger partial charge < -0.3 is 14.0 Å². The Balaban J connectivity index is 1.67. The summed E-state index contributed by atoms with van der Waals surface area (Å²) in [5.74, 6) is 0.463. The molecule has 0 amide bonds. The van der Waals surface area contributed by atoms with Crippen LogP contribution >= 0.6 is 0 Å². The maximum Gasteiger partial charge on any atom is 0.338 e. The van der Waals surface area contributed by atoms with Gasteiger partial charge in [0.2, 0.25) is 0 Å². The Hall–Kier alpha value is -2.21. The van der Waals surface area contributed by atoms with Crippen LogP contribution in [0.3, 0.4) is 0 Å². The Morgan fingerprint density at radius 3 is 3.00 bits per heavy atom. The number of aryl methyl sites for hydroxylation is 1. The summed E-state index contributed by atoms with van der Waals surface area (Å²) < 4.78 is 16.0. The van der Waals surface area contributed by atoms with Crippen molar-refractivity contribution in [3.63, 3.8) is 0 Å². The van der Waals surface area contributed by atoms with Gasteiger partial charge in [-0.15, -0.1) is 0 Å². The molecule has 1 aromatic carbocycles. The van der Waals surface area contributed by atoms with E-state index in [1.54, 1.807) is 25.1 Å². The first-order chi connectivity index (χ1) is 10.7. The van der Waals surface area contributed by atoms with Crippen LogP contribution in [-0.2, 0) is 9.47 Å². The minimum atomic E-state index is -0.385. The fourth-order valence-electron chi connectivity index (χ4n) is 2.49. The van der Waals surface area contributed by atoms with E-state index in [1.165, 1.54) is 0 Å². The van der Waals surface area contributed by atoms with Gasteiger partial charge in [0.1, 0.15) is 0 Å². The van der Waals surface area contributed by atoms with E-state index in [4.69, 9.17) is 14.0 Å². The van der Waals surface area contributed by atoms with Crippen LogP contribution in [0.25, 0.3) is 11.5 Å². The average Bonchev–Trinajstić information content (AvgIpc) is 3.19. The van der Waals surface area contributed by atoms with Crippen LogP contribution in [0.15, 0.2) is 28.8 Å². The van der Waals surface area contributed by atoms with Crippen molar-refractivity contribution in [3.8, 4) is 11.5 Å². The van der Waals surface area contributed by atoms with Gasteiger partial charge in [-0.1, -0.05) is 17.3 Å². The van der Waals surface area contributed by atoms with Gasteiger partial charge in [-0.25, -0.2) is 4.79 Å². The van der Waals surface area contributed by atoms with E-state index in [-0.39, 0.29) is 12.1 Å². The van der Waals surface area contributed by atoms with Gasteiger partial charge in [0.05, 0.1) is 23.8 Å².